The first-order chi connectivity index (χ1) is 12.7. The number of thioether (sulfide) groups is 1. The molecule has 2 aliphatic heterocycles. The van der Waals surface area contributed by atoms with Gasteiger partial charge in [-0.25, -0.2) is 4.99 Å². The number of aliphatic imine (C=N–C) groups is 1. The minimum atomic E-state index is 0.00128. The van der Waals surface area contributed by atoms with Crippen molar-refractivity contribution in [2.24, 2.45) is 12.0 Å². The first kappa shape index (κ1) is 17.1. The predicted molar refractivity (Wildman–Crippen MR) is 105 cm³/mol. The van der Waals surface area contributed by atoms with Crippen LogP contribution in [0.5, 0.6) is 0 Å². The molecule has 26 heavy (non-hydrogen) atoms. The molecule has 6 heteroatoms. The number of rotatable bonds is 4. The largest absolute Gasteiger partial charge is 0.376 e. The van der Waals surface area contributed by atoms with E-state index in [0.29, 0.717) is 11.4 Å². The maximum absolute atomic E-state index is 13.0. The average molecular weight is 367 g/mol. The molecular formula is C20H21N3O2S. The van der Waals surface area contributed by atoms with Crippen LogP contribution in [-0.4, -0.2) is 39.8 Å². The molecule has 2 fully saturated rings. The van der Waals surface area contributed by atoms with E-state index in [9.17, 15) is 4.79 Å². The lowest BCUT2D eigenvalue weighted by Crippen LogP contribution is -2.36. The maximum Gasteiger partial charge on any atom is 0.266 e. The lowest BCUT2D eigenvalue weighted by Gasteiger charge is -2.19. The molecule has 134 valence electrons. The van der Waals surface area contributed by atoms with E-state index in [4.69, 9.17) is 9.73 Å². The minimum Gasteiger partial charge on any atom is -0.376 e. The van der Waals surface area contributed by atoms with E-state index in [0.717, 1.165) is 36.0 Å². The fourth-order valence-electron chi connectivity index (χ4n) is 3.12. The molecule has 0 unspecified atom stereocenters. The molecule has 0 aliphatic carbocycles. The molecular weight excluding hydrogens is 346 g/mol. The van der Waals surface area contributed by atoms with E-state index >= 15 is 0 Å². The van der Waals surface area contributed by atoms with Crippen LogP contribution in [0.2, 0.25) is 0 Å². The normalized spacial score (nSPS) is 23.5. The van der Waals surface area contributed by atoms with Gasteiger partial charge in [-0.15, -0.1) is 0 Å². The van der Waals surface area contributed by atoms with E-state index in [2.05, 4.69) is 0 Å². The summed E-state index contributed by atoms with van der Waals surface area (Å²) in [6.07, 6.45) is 6.04. The molecule has 1 aromatic carbocycles. The van der Waals surface area contributed by atoms with Crippen LogP contribution >= 0.6 is 11.8 Å². The Bertz CT molecular complexity index is 851. The van der Waals surface area contributed by atoms with Crippen LogP contribution in [0.25, 0.3) is 6.08 Å². The van der Waals surface area contributed by atoms with Gasteiger partial charge in [0.25, 0.3) is 5.91 Å². The van der Waals surface area contributed by atoms with Gasteiger partial charge in [0.15, 0.2) is 5.17 Å². The van der Waals surface area contributed by atoms with Crippen LogP contribution in [0, 0.1) is 0 Å². The Labute approximate surface area is 157 Å². The highest BCUT2D eigenvalue weighted by Crippen LogP contribution is 2.35. The number of nitrogens with zero attached hydrogens (tertiary/aromatic N) is 3. The molecule has 1 amide bonds. The standard InChI is InChI=1S/C20H21N3O2S/c1-22-11-5-9-16(22)13-18-19(24)23(14-17-10-6-12-25-17)20(26-18)21-15-7-3-2-4-8-15/h2-5,7-9,11,13,17H,6,10,12,14H2,1H3/b18-13-,21-20?/t17-/m0/s1. The first-order valence-corrected chi connectivity index (χ1v) is 9.60. The van der Waals surface area contributed by atoms with Gasteiger partial charge in [-0.3, -0.25) is 9.69 Å². The number of ether oxygens (including phenoxy) is 1. The molecule has 5 nitrogen and oxygen atoms in total. The molecule has 0 bridgehead atoms. The molecule has 0 N–H and O–H groups in total. The summed E-state index contributed by atoms with van der Waals surface area (Å²) in [5.41, 5.74) is 1.85. The zero-order valence-corrected chi connectivity index (χ0v) is 15.5. The van der Waals surface area contributed by atoms with Crippen molar-refractivity contribution in [2.75, 3.05) is 13.2 Å². The van der Waals surface area contributed by atoms with Crippen LogP contribution in [0.15, 0.2) is 58.6 Å². The lowest BCUT2D eigenvalue weighted by molar-refractivity contribution is -0.123. The van der Waals surface area contributed by atoms with Crippen molar-refractivity contribution in [3.05, 3.63) is 59.3 Å². The molecule has 1 atom stereocenters. The van der Waals surface area contributed by atoms with Crippen LogP contribution < -0.4 is 0 Å². The number of aryl methyl sites for hydroxylation is 1. The van der Waals surface area contributed by atoms with Crippen molar-refractivity contribution in [1.82, 2.24) is 9.47 Å². The Morgan fingerprint density at radius 2 is 2.12 bits per heavy atom. The molecule has 0 spiro atoms. The van der Waals surface area contributed by atoms with E-state index < -0.39 is 0 Å². The maximum atomic E-state index is 13.0. The predicted octanol–water partition coefficient (Wildman–Crippen LogP) is 3.81. The van der Waals surface area contributed by atoms with Gasteiger partial charge < -0.3 is 9.30 Å². The van der Waals surface area contributed by atoms with Crippen LogP contribution in [-0.2, 0) is 16.6 Å². The Kier molecular flexibility index (Phi) is 4.95. The van der Waals surface area contributed by atoms with Gasteiger partial charge in [0.2, 0.25) is 0 Å². The number of para-hydroxylation sites is 1. The molecule has 0 radical (unpaired) electrons. The summed E-state index contributed by atoms with van der Waals surface area (Å²) in [5, 5.41) is 0.720. The third kappa shape index (κ3) is 3.61. The summed E-state index contributed by atoms with van der Waals surface area (Å²) >= 11 is 1.43. The summed E-state index contributed by atoms with van der Waals surface area (Å²) in [6.45, 7) is 1.33. The number of hydrogen-bond donors (Lipinski definition) is 0. The number of aromatic nitrogens is 1. The minimum absolute atomic E-state index is 0.00128. The van der Waals surface area contributed by atoms with Crippen molar-refractivity contribution in [3.8, 4) is 0 Å². The van der Waals surface area contributed by atoms with Gasteiger partial charge in [0, 0.05) is 25.5 Å². The second-order valence-electron chi connectivity index (χ2n) is 6.44. The first-order valence-electron chi connectivity index (χ1n) is 8.79. The summed E-state index contributed by atoms with van der Waals surface area (Å²) in [7, 11) is 1.97. The molecule has 2 saturated heterocycles. The van der Waals surface area contributed by atoms with Crippen molar-refractivity contribution < 1.29 is 9.53 Å². The average Bonchev–Trinajstić information content (AvgIpc) is 3.36. The zero-order chi connectivity index (χ0) is 17.9. The molecule has 1 aromatic heterocycles. The highest BCUT2D eigenvalue weighted by molar-refractivity contribution is 8.18. The van der Waals surface area contributed by atoms with Crippen LogP contribution in [0.4, 0.5) is 5.69 Å². The van der Waals surface area contributed by atoms with E-state index in [1.807, 2.05) is 66.4 Å². The Hall–Kier alpha value is -2.31. The lowest BCUT2D eigenvalue weighted by atomic mass is 10.2. The number of carbonyl (C=O) groups excluding carboxylic acids is 1. The number of hydrogen-bond acceptors (Lipinski definition) is 4. The fraction of sp³-hybridized carbons (Fsp3) is 0.300. The zero-order valence-electron chi connectivity index (χ0n) is 14.7. The second kappa shape index (κ2) is 7.51. The van der Waals surface area contributed by atoms with Gasteiger partial charge >= 0.3 is 0 Å². The second-order valence-corrected chi connectivity index (χ2v) is 7.44. The Morgan fingerprint density at radius 3 is 2.81 bits per heavy atom. The molecule has 3 heterocycles. The third-order valence-electron chi connectivity index (χ3n) is 4.54. The SMILES string of the molecule is Cn1cccc1/C=C1\SC(=Nc2ccccc2)N(C[C@@H]2CCCO2)C1=O. The smallest absolute Gasteiger partial charge is 0.266 e. The van der Waals surface area contributed by atoms with Crippen LogP contribution in [0.3, 0.4) is 0 Å². The quantitative estimate of drug-likeness (QED) is 0.772. The Morgan fingerprint density at radius 1 is 1.27 bits per heavy atom. The third-order valence-corrected chi connectivity index (χ3v) is 5.55. The van der Waals surface area contributed by atoms with Crippen molar-refractivity contribution >= 4 is 34.6 Å². The highest BCUT2D eigenvalue weighted by atomic mass is 32.2. The number of amides is 1. The van der Waals surface area contributed by atoms with Gasteiger partial charge in [-0.2, -0.15) is 0 Å². The number of benzene rings is 1. The highest BCUT2D eigenvalue weighted by Gasteiger charge is 2.36. The number of amidine groups is 1. The van der Waals surface area contributed by atoms with E-state index in [-0.39, 0.29) is 12.0 Å². The summed E-state index contributed by atoms with van der Waals surface area (Å²) in [6, 6.07) is 13.7. The molecule has 2 aromatic rings. The number of carbonyl (C=O) groups is 1. The monoisotopic (exact) mass is 367 g/mol. The van der Waals surface area contributed by atoms with Crippen molar-refractivity contribution in [3.63, 3.8) is 0 Å². The fourth-order valence-corrected chi connectivity index (χ4v) is 4.11. The summed E-state index contributed by atoms with van der Waals surface area (Å²) in [5.74, 6) is 0.00128. The van der Waals surface area contributed by atoms with Crippen molar-refractivity contribution in [2.45, 2.75) is 18.9 Å². The molecule has 0 saturated carbocycles. The van der Waals surface area contributed by atoms with E-state index in [1.165, 1.54) is 11.8 Å². The Balaban J connectivity index is 1.65. The summed E-state index contributed by atoms with van der Waals surface area (Å²) in [4.78, 5) is 20.2. The topological polar surface area (TPSA) is 46.8 Å². The van der Waals surface area contributed by atoms with Gasteiger partial charge in [-0.05, 0) is 54.9 Å². The van der Waals surface area contributed by atoms with Crippen LogP contribution in [0.1, 0.15) is 18.5 Å². The van der Waals surface area contributed by atoms with Gasteiger partial charge in [0.1, 0.15) is 0 Å². The summed E-state index contributed by atoms with van der Waals surface area (Å²) < 4.78 is 7.74. The van der Waals surface area contributed by atoms with E-state index in [1.54, 1.807) is 4.90 Å². The van der Waals surface area contributed by atoms with Crippen molar-refractivity contribution in [1.29, 1.82) is 0 Å². The van der Waals surface area contributed by atoms with Gasteiger partial charge in [-0.1, -0.05) is 18.2 Å². The van der Waals surface area contributed by atoms with Gasteiger partial charge in [0.05, 0.1) is 23.2 Å². The molecule has 4 rings (SSSR count). The molecule has 2 aliphatic rings.